The molecular weight excluding hydrogens is 395 g/mol. The van der Waals surface area contributed by atoms with Crippen LogP contribution in [0.5, 0.6) is 0 Å². The molecule has 1 aromatic carbocycles. The molecule has 1 fully saturated rings. The van der Waals surface area contributed by atoms with Gasteiger partial charge in [-0.2, -0.15) is 0 Å². The van der Waals surface area contributed by atoms with Gasteiger partial charge in [-0.25, -0.2) is 9.37 Å². The lowest BCUT2D eigenvalue weighted by molar-refractivity contribution is 0.102. The summed E-state index contributed by atoms with van der Waals surface area (Å²) in [7, 11) is 2.11. The van der Waals surface area contributed by atoms with Gasteiger partial charge >= 0.3 is 0 Å². The van der Waals surface area contributed by atoms with Gasteiger partial charge in [0.1, 0.15) is 11.5 Å². The summed E-state index contributed by atoms with van der Waals surface area (Å²) in [6, 6.07) is 8.35. The van der Waals surface area contributed by atoms with Crippen molar-refractivity contribution in [2.24, 2.45) is 0 Å². The number of fused-ring (bicyclic) bond motifs is 1. The Labute approximate surface area is 178 Å². The third kappa shape index (κ3) is 3.77. The van der Waals surface area contributed by atoms with E-state index in [-0.39, 0.29) is 5.56 Å². The Kier molecular flexibility index (Phi) is 4.91. The van der Waals surface area contributed by atoms with E-state index in [1.54, 1.807) is 30.7 Å². The predicted molar refractivity (Wildman–Crippen MR) is 115 cm³/mol. The molecule has 1 aliphatic heterocycles. The summed E-state index contributed by atoms with van der Waals surface area (Å²) in [5.74, 6) is -1.13. The summed E-state index contributed by atoms with van der Waals surface area (Å²) in [6.07, 6.45) is 10.7. The van der Waals surface area contributed by atoms with E-state index in [0.717, 1.165) is 30.7 Å². The Morgan fingerprint density at radius 2 is 2.10 bits per heavy atom. The van der Waals surface area contributed by atoms with Crippen LogP contribution < -0.4 is 5.32 Å². The van der Waals surface area contributed by atoms with E-state index in [1.807, 2.05) is 16.7 Å². The molecule has 156 valence electrons. The first-order valence-electron chi connectivity index (χ1n) is 10.1. The molecule has 0 unspecified atom stereocenters. The van der Waals surface area contributed by atoms with Gasteiger partial charge in [-0.15, -0.1) is 0 Å². The molecule has 1 saturated heterocycles. The van der Waals surface area contributed by atoms with Crippen LogP contribution in [-0.4, -0.2) is 43.8 Å². The van der Waals surface area contributed by atoms with Crippen LogP contribution in [0.15, 0.2) is 61.3 Å². The topological polar surface area (TPSA) is 75.4 Å². The number of benzene rings is 1. The number of nitrogens with one attached hydrogen (secondary N) is 1. The molecule has 0 saturated carbocycles. The molecule has 4 heterocycles. The van der Waals surface area contributed by atoms with Gasteiger partial charge in [0.25, 0.3) is 5.91 Å². The molecule has 1 amide bonds. The summed E-state index contributed by atoms with van der Waals surface area (Å²) < 4.78 is 16.5. The molecule has 5 rings (SSSR count). The first-order valence-corrected chi connectivity index (χ1v) is 10.1. The van der Waals surface area contributed by atoms with Gasteiger partial charge in [0.15, 0.2) is 0 Å². The summed E-state index contributed by atoms with van der Waals surface area (Å²) in [6.45, 7) is 1.07. The first-order chi connectivity index (χ1) is 15.1. The Morgan fingerprint density at radius 3 is 2.84 bits per heavy atom. The number of halogens is 1. The number of anilines is 1. The Balaban J connectivity index is 1.36. The molecule has 0 bridgehead atoms. The highest BCUT2D eigenvalue weighted by Crippen LogP contribution is 2.30. The van der Waals surface area contributed by atoms with Crippen molar-refractivity contribution < 1.29 is 9.18 Å². The van der Waals surface area contributed by atoms with E-state index in [4.69, 9.17) is 4.98 Å². The summed E-state index contributed by atoms with van der Waals surface area (Å²) in [5.41, 5.74) is 3.47. The lowest BCUT2D eigenvalue weighted by Gasteiger charge is -2.16. The van der Waals surface area contributed by atoms with Gasteiger partial charge in [0.05, 0.1) is 34.9 Å². The van der Waals surface area contributed by atoms with Crippen LogP contribution >= 0.6 is 0 Å². The minimum absolute atomic E-state index is 0.0355. The van der Waals surface area contributed by atoms with Crippen LogP contribution in [0.4, 0.5) is 10.1 Å². The molecule has 8 heteroatoms. The average Bonchev–Trinajstić information content (AvgIpc) is 3.39. The average molecular weight is 416 g/mol. The number of rotatable bonds is 4. The number of aromatic nitrogens is 4. The van der Waals surface area contributed by atoms with Crippen molar-refractivity contribution in [1.82, 2.24) is 24.3 Å². The van der Waals surface area contributed by atoms with Gasteiger partial charge in [-0.1, -0.05) is 6.07 Å². The number of hydrogen-bond donors (Lipinski definition) is 1. The number of pyridine rings is 1. The molecule has 1 aliphatic rings. The third-order valence-corrected chi connectivity index (χ3v) is 5.66. The van der Waals surface area contributed by atoms with Crippen molar-refractivity contribution in [2.75, 3.05) is 18.9 Å². The summed E-state index contributed by atoms with van der Waals surface area (Å²) >= 11 is 0. The second-order valence-corrected chi connectivity index (χ2v) is 7.73. The van der Waals surface area contributed by atoms with Crippen LogP contribution in [0.2, 0.25) is 0 Å². The Hall–Kier alpha value is -3.65. The number of likely N-dealkylation sites (tertiary alicyclic amines) is 1. The number of nitrogens with zero attached hydrogens (tertiary/aromatic N) is 5. The minimum atomic E-state index is -0.615. The monoisotopic (exact) mass is 416 g/mol. The molecule has 0 spiro atoms. The first kappa shape index (κ1) is 19.3. The van der Waals surface area contributed by atoms with Crippen molar-refractivity contribution in [3.63, 3.8) is 0 Å². The standard InChI is InChI=1S/C23H21FN6O/c1-29-10-2-3-21(29)20-14-30-13-16(5-7-22(30)28-20)27-23(31)17-6-4-15(11-18(17)24)19-12-25-8-9-26-19/h4-9,11-14,21H,2-3,10H2,1H3,(H,27,31)/t21-/m1/s1. The largest absolute Gasteiger partial charge is 0.321 e. The van der Waals surface area contributed by atoms with Gasteiger partial charge in [0, 0.05) is 30.4 Å². The lowest BCUT2D eigenvalue weighted by atomic mass is 10.1. The smallest absolute Gasteiger partial charge is 0.258 e. The molecule has 31 heavy (non-hydrogen) atoms. The van der Waals surface area contributed by atoms with Crippen LogP contribution in [0.25, 0.3) is 16.9 Å². The normalized spacial score (nSPS) is 16.6. The highest BCUT2D eigenvalue weighted by molar-refractivity contribution is 6.04. The van der Waals surface area contributed by atoms with E-state index in [9.17, 15) is 9.18 Å². The van der Waals surface area contributed by atoms with Crippen LogP contribution in [0.3, 0.4) is 0 Å². The Bertz CT molecular complexity index is 1260. The number of amides is 1. The fraction of sp³-hybridized carbons (Fsp3) is 0.217. The molecule has 1 atom stereocenters. The minimum Gasteiger partial charge on any atom is -0.321 e. The second kappa shape index (κ2) is 7.88. The second-order valence-electron chi connectivity index (χ2n) is 7.73. The number of carbonyl (C=O) groups excluding carboxylic acids is 1. The summed E-state index contributed by atoms with van der Waals surface area (Å²) in [5, 5.41) is 2.77. The molecule has 1 N–H and O–H groups in total. The van der Waals surface area contributed by atoms with Gasteiger partial charge in [-0.3, -0.25) is 19.7 Å². The zero-order valence-corrected chi connectivity index (χ0v) is 17.0. The molecule has 4 aromatic rings. The maximum absolute atomic E-state index is 14.6. The maximum Gasteiger partial charge on any atom is 0.258 e. The SMILES string of the molecule is CN1CCC[C@@H]1c1cn2cc(NC(=O)c3ccc(-c4cnccn4)cc3F)ccc2n1. The zero-order valence-electron chi connectivity index (χ0n) is 17.0. The number of carbonyl (C=O) groups is 1. The molecule has 0 aliphatic carbocycles. The number of hydrogen-bond acceptors (Lipinski definition) is 5. The van der Waals surface area contributed by atoms with Crippen molar-refractivity contribution in [1.29, 1.82) is 0 Å². The highest BCUT2D eigenvalue weighted by Gasteiger charge is 2.25. The van der Waals surface area contributed by atoms with Gasteiger partial charge in [-0.05, 0) is 50.7 Å². The predicted octanol–water partition coefficient (Wildman–Crippen LogP) is 3.95. The van der Waals surface area contributed by atoms with Gasteiger partial charge in [0.2, 0.25) is 0 Å². The molecule has 3 aromatic heterocycles. The van der Waals surface area contributed by atoms with E-state index in [0.29, 0.717) is 23.0 Å². The highest BCUT2D eigenvalue weighted by atomic mass is 19.1. The maximum atomic E-state index is 14.6. The van der Waals surface area contributed by atoms with Crippen molar-refractivity contribution in [3.8, 4) is 11.3 Å². The van der Waals surface area contributed by atoms with E-state index < -0.39 is 11.7 Å². The van der Waals surface area contributed by atoms with Crippen LogP contribution in [-0.2, 0) is 0 Å². The van der Waals surface area contributed by atoms with Crippen molar-refractivity contribution in [2.45, 2.75) is 18.9 Å². The fourth-order valence-electron chi connectivity index (χ4n) is 4.04. The lowest BCUT2D eigenvalue weighted by Crippen LogP contribution is -2.17. The van der Waals surface area contributed by atoms with Crippen LogP contribution in [0.1, 0.15) is 34.9 Å². The van der Waals surface area contributed by atoms with E-state index in [1.165, 1.54) is 18.3 Å². The van der Waals surface area contributed by atoms with Crippen molar-refractivity contribution in [3.05, 3.63) is 78.4 Å². The van der Waals surface area contributed by atoms with Crippen LogP contribution in [0, 0.1) is 5.82 Å². The molecular formula is C23H21FN6O. The molecule has 7 nitrogen and oxygen atoms in total. The third-order valence-electron chi connectivity index (χ3n) is 5.66. The zero-order chi connectivity index (χ0) is 21.4. The molecule has 0 radical (unpaired) electrons. The fourth-order valence-corrected chi connectivity index (χ4v) is 4.04. The van der Waals surface area contributed by atoms with Gasteiger partial charge < -0.3 is 9.72 Å². The Morgan fingerprint density at radius 1 is 1.19 bits per heavy atom. The van der Waals surface area contributed by atoms with Crippen molar-refractivity contribution >= 4 is 17.2 Å². The quantitative estimate of drug-likeness (QED) is 0.545. The summed E-state index contributed by atoms with van der Waals surface area (Å²) in [4.78, 5) is 27.8. The van der Waals surface area contributed by atoms with E-state index in [2.05, 4.69) is 27.2 Å². The van der Waals surface area contributed by atoms with E-state index >= 15 is 0 Å². The number of imidazole rings is 1.